The lowest BCUT2D eigenvalue weighted by molar-refractivity contribution is 0.186. The van der Waals surface area contributed by atoms with Gasteiger partial charge in [-0.25, -0.2) is 9.78 Å². The monoisotopic (exact) mass is 278 g/mol. The molecule has 19 heavy (non-hydrogen) atoms. The average Bonchev–Trinajstić information content (AvgIpc) is 2.83. The Bertz CT molecular complexity index is 569. The SMILES string of the molecule is COC(=O)Nc1ccccc1OCc1csc(C)n1. The van der Waals surface area contributed by atoms with Crippen LogP contribution in [0, 0.1) is 6.92 Å². The molecule has 0 unspecified atom stereocenters. The summed E-state index contributed by atoms with van der Waals surface area (Å²) in [4.78, 5) is 15.5. The van der Waals surface area contributed by atoms with Crippen molar-refractivity contribution in [3.8, 4) is 5.75 Å². The number of para-hydroxylation sites is 2. The quantitative estimate of drug-likeness (QED) is 0.933. The molecule has 5 nitrogen and oxygen atoms in total. The van der Waals surface area contributed by atoms with Gasteiger partial charge in [-0.2, -0.15) is 0 Å². The Labute approximate surface area is 115 Å². The van der Waals surface area contributed by atoms with Gasteiger partial charge in [0.05, 0.1) is 23.5 Å². The first-order valence-electron chi connectivity index (χ1n) is 5.67. The minimum atomic E-state index is -0.527. The number of anilines is 1. The lowest BCUT2D eigenvalue weighted by Gasteiger charge is -2.10. The van der Waals surface area contributed by atoms with Crippen molar-refractivity contribution in [1.82, 2.24) is 4.98 Å². The van der Waals surface area contributed by atoms with Crippen LogP contribution in [0.2, 0.25) is 0 Å². The second-order valence-electron chi connectivity index (χ2n) is 3.76. The summed E-state index contributed by atoms with van der Waals surface area (Å²) in [6.45, 7) is 2.31. The Morgan fingerprint density at radius 2 is 2.21 bits per heavy atom. The molecule has 0 spiro atoms. The van der Waals surface area contributed by atoms with E-state index in [1.54, 1.807) is 23.5 Å². The first-order chi connectivity index (χ1) is 9.19. The molecular formula is C13H14N2O3S. The van der Waals surface area contributed by atoms with Crippen LogP contribution in [0.1, 0.15) is 10.7 Å². The molecule has 2 rings (SSSR count). The van der Waals surface area contributed by atoms with Crippen molar-refractivity contribution >= 4 is 23.1 Å². The number of hydrogen-bond donors (Lipinski definition) is 1. The highest BCUT2D eigenvalue weighted by Crippen LogP contribution is 2.25. The van der Waals surface area contributed by atoms with E-state index in [1.165, 1.54) is 7.11 Å². The first kappa shape index (κ1) is 13.4. The van der Waals surface area contributed by atoms with Crippen LogP contribution in [-0.4, -0.2) is 18.2 Å². The van der Waals surface area contributed by atoms with Crippen molar-refractivity contribution in [3.05, 3.63) is 40.3 Å². The minimum Gasteiger partial charge on any atom is -0.485 e. The number of nitrogens with zero attached hydrogens (tertiary/aromatic N) is 1. The summed E-state index contributed by atoms with van der Waals surface area (Å²) in [6.07, 6.45) is -0.527. The van der Waals surface area contributed by atoms with E-state index in [-0.39, 0.29) is 0 Å². The molecule has 1 aromatic heterocycles. The number of carbonyl (C=O) groups is 1. The molecular weight excluding hydrogens is 264 g/mol. The number of hydrogen-bond acceptors (Lipinski definition) is 5. The van der Waals surface area contributed by atoms with Crippen LogP contribution < -0.4 is 10.1 Å². The number of nitrogens with one attached hydrogen (secondary N) is 1. The predicted octanol–water partition coefficient (Wildman–Crippen LogP) is 3.21. The van der Waals surface area contributed by atoms with E-state index >= 15 is 0 Å². The molecule has 0 aliphatic carbocycles. The summed E-state index contributed by atoms with van der Waals surface area (Å²) in [7, 11) is 1.32. The summed E-state index contributed by atoms with van der Waals surface area (Å²) in [5.41, 5.74) is 1.44. The maximum Gasteiger partial charge on any atom is 0.411 e. The van der Waals surface area contributed by atoms with E-state index in [0.717, 1.165) is 10.7 Å². The fourth-order valence-corrected chi connectivity index (χ4v) is 2.08. The topological polar surface area (TPSA) is 60.5 Å². The molecule has 0 aliphatic heterocycles. The largest absolute Gasteiger partial charge is 0.485 e. The van der Waals surface area contributed by atoms with E-state index in [2.05, 4.69) is 15.0 Å². The zero-order valence-corrected chi connectivity index (χ0v) is 11.5. The van der Waals surface area contributed by atoms with Gasteiger partial charge in [-0.1, -0.05) is 12.1 Å². The lowest BCUT2D eigenvalue weighted by atomic mass is 10.3. The molecule has 0 saturated heterocycles. The maximum absolute atomic E-state index is 11.2. The molecule has 2 aromatic rings. The highest BCUT2D eigenvalue weighted by Gasteiger charge is 2.08. The second-order valence-corrected chi connectivity index (χ2v) is 4.82. The van der Waals surface area contributed by atoms with Crippen molar-refractivity contribution in [1.29, 1.82) is 0 Å². The Balaban J connectivity index is 2.05. The van der Waals surface area contributed by atoms with Gasteiger partial charge in [-0.15, -0.1) is 11.3 Å². The third-order valence-electron chi connectivity index (χ3n) is 2.35. The van der Waals surface area contributed by atoms with Gasteiger partial charge in [0.15, 0.2) is 0 Å². The third-order valence-corrected chi connectivity index (χ3v) is 3.17. The zero-order chi connectivity index (χ0) is 13.7. The van der Waals surface area contributed by atoms with Crippen LogP contribution in [0.5, 0.6) is 5.75 Å². The van der Waals surface area contributed by atoms with Gasteiger partial charge in [0.1, 0.15) is 12.4 Å². The highest BCUT2D eigenvalue weighted by atomic mass is 32.1. The predicted molar refractivity (Wildman–Crippen MR) is 73.7 cm³/mol. The molecule has 0 saturated carbocycles. The molecule has 0 aliphatic rings. The van der Waals surface area contributed by atoms with Crippen LogP contribution in [-0.2, 0) is 11.3 Å². The number of rotatable bonds is 4. The van der Waals surface area contributed by atoms with Crippen LogP contribution in [0.4, 0.5) is 10.5 Å². The average molecular weight is 278 g/mol. The standard InChI is InChI=1S/C13H14N2O3S/c1-9-14-10(8-19-9)7-18-12-6-4-3-5-11(12)15-13(16)17-2/h3-6,8H,7H2,1-2H3,(H,15,16). The van der Waals surface area contributed by atoms with E-state index in [1.807, 2.05) is 24.4 Å². The Hall–Kier alpha value is -2.08. The Morgan fingerprint density at radius 3 is 2.89 bits per heavy atom. The second kappa shape index (κ2) is 6.19. The van der Waals surface area contributed by atoms with Gasteiger partial charge in [0.2, 0.25) is 0 Å². The summed E-state index contributed by atoms with van der Waals surface area (Å²) >= 11 is 1.58. The molecule has 0 radical (unpaired) electrons. The molecule has 1 heterocycles. The Kier molecular flexibility index (Phi) is 4.35. The summed E-state index contributed by atoms with van der Waals surface area (Å²) in [6, 6.07) is 7.18. The van der Waals surface area contributed by atoms with Gasteiger partial charge in [0.25, 0.3) is 0 Å². The van der Waals surface area contributed by atoms with E-state index in [0.29, 0.717) is 18.0 Å². The molecule has 100 valence electrons. The van der Waals surface area contributed by atoms with E-state index in [4.69, 9.17) is 4.74 Å². The van der Waals surface area contributed by atoms with Crippen molar-refractivity contribution in [2.45, 2.75) is 13.5 Å². The van der Waals surface area contributed by atoms with Gasteiger partial charge in [0, 0.05) is 5.38 Å². The molecule has 1 aromatic carbocycles. The van der Waals surface area contributed by atoms with Crippen molar-refractivity contribution in [3.63, 3.8) is 0 Å². The normalized spacial score (nSPS) is 10.0. The first-order valence-corrected chi connectivity index (χ1v) is 6.55. The summed E-state index contributed by atoms with van der Waals surface area (Å²) in [5.74, 6) is 0.582. The van der Waals surface area contributed by atoms with Crippen molar-refractivity contribution in [2.75, 3.05) is 12.4 Å². The number of benzene rings is 1. The third kappa shape index (κ3) is 3.69. The van der Waals surface area contributed by atoms with E-state index in [9.17, 15) is 4.79 Å². The summed E-state index contributed by atoms with van der Waals surface area (Å²) in [5, 5.41) is 5.55. The fourth-order valence-electron chi connectivity index (χ4n) is 1.48. The van der Waals surface area contributed by atoms with Crippen LogP contribution in [0.3, 0.4) is 0 Å². The molecule has 0 fully saturated rings. The molecule has 0 atom stereocenters. The van der Waals surface area contributed by atoms with Gasteiger partial charge in [-0.3, -0.25) is 5.32 Å². The molecule has 1 N–H and O–H groups in total. The molecule has 1 amide bonds. The number of carbonyl (C=O) groups excluding carboxylic acids is 1. The highest BCUT2D eigenvalue weighted by molar-refractivity contribution is 7.09. The lowest BCUT2D eigenvalue weighted by Crippen LogP contribution is -2.12. The molecule has 6 heteroatoms. The van der Waals surface area contributed by atoms with Gasteiger partial charge >= 0.3 is 6.09 Å². The maximum atomic E-state index is 11.2. The van der Waals surface area contributed by atoms with Gasteiger partial charge in [-0.05, 0) is 19.1 Å². The van der Waals surface area contributed by atoms with E-state index < -0.39 is 6.09 Å². The van der Waals surface area contributed by atoms with Crippen molar-refractivity contribution < 1.29 is 14.3 Å². The fraction of sp³-hybridized carbons (Fsp3) is 0.231. The van der Waals surface area contributed by atoms with Crippen LogP contribution in [0.25, 0.3) is 0 Å². The minimum absolute atomic E-state index is 0.365. The summed E-state index contributed by atoms with van der Waals surface area (Å²) < 4.78 is 10.2. The zero-order valence-electron chi connectivity index (χ0n) is 10.7. The van der Waals surface area contributed by atoms with Crippen molar-refractivity contribution in [2.24, 2.45) is 0 Å². The van der Waals surface area contributed by atoms with Crippen LogP contribution >= 0.6 is 11.3 Å². The smallest absolute Gasteiger partial charge is 0.411 e. The van der Waals surface area contributed by atoms with Gasteiger partial charge < -0.3 is 9.47 Å². The van der Waals surface area contributed by atoms with Crippen LogP contribution in [0.15, 0.2) is 29.6 Å². The molecule has 0 bridgehead atoms. The number of methoxy groups -OCH3 is 1. The number of amides is 1. The number of aryl methyl sites for hydroxylation is 1. The number of aromatic nitrogens is 1. The number of ether oxygens (including phenoxy) is 2. The Morgan fingerprint density at radius 1 is 1.42 bits per heavy atom. The number of thiazole rings is 1.